The number of ketones is 1. The molecule has 0 fully saturated rings. The number of phenols is 2. The number of hydrogen-bond acceptors (Lipinski definition) is 4. The van der Waals surface area contributed by atoms with Gasteiger partial charge in [-0.2, -0.15) is 0 Å². The van der Waals surface area contributed by atoms with Gasteiger partial charge in [0, 0.05) is 17.2 Å². The fourth-order valence-electron chi connectivity index (χ4n) is 1.68. The molecular weight excluding hydrogens is 256 g/mol. The third kappa shape index (κ3) is 3.17. The van der Waals surface area contributed by atoms with E-state index in [1.54, 1.807) is 12.1 Å². The van der Waals surface area contributed by atoms with E-state index < -0.39 is 0 Å². The molecule has 2 aromatic rings. The molecular formula is C16H14O4. The van der Waals surface area contributed by atoms with Crippen LogP contribution in [0.4, 0.5) is 0 Å². The lowest BCUT2D eigenvalue weighted by atomic mass is 10.1. The summed E-state index contributed by atoms with van der Waals surface area (Å²) in [6.45, 7) is 0. The number of methoxy groups -OCH3 is 1. The maximum Gasteiger partial charge on any atom is 0.185 e. The molecule has 0 radical (unpaired) electrons. The van der Waals surface area contributed by atoms with Crippen LogP contribution in [0.2, 0.25) is 0 Å². The van der Waals surface area contributed by atoms with E-state index in [1.807, 2.05) is 0 Å². The molecule has 0 saturated heterocycles. The van der Waals surface area contributed by atoms with Crippen LogP contribution in [-0.2, 0) is 0 Å². The van der Waals surface area contributed by atoms with Crippen molar-refractivity contribution in [1.82, 2.24) is 0 Å². The summed E-state index contributed by atoms with van der Waals surface area (Å²) in [5, 5.41) is 18.9. The summed E-state index contributed by atoms with van der Waals surface area (Å²) in [4.78, 5) is 11.9. The van der Waals surface area contributed by atoms with Gasteiger partial charge in [-0.25, -0.2) is 0 Å². The van der Waals surface area contributed by atoms with Crippen LogP contribution in [0, 0.1) is 0 Å². The molecule has 0 aliphatic carbocycles. The summed E-state index contributed by atoms with van der Waals surface area (Å²) in [7, 11) is 1.51. The van der Waals surface area contributed by atoms with Crippen molar-refractivity contribution < 1.29 is 19.7 Å². The number of aromatic hydroxyl groups is 2. The molecule has 0 saturated carbocycles. The Hall–Kier alpha value is -2.75. The minimum atomic E-state index is -0.208. The first-order valence-electron chi connectivity index (χ1n) is 5.98. The van der Waals surface area contributed by atoms with Crippen molar-refractivity contribution in [1.29, 1.82) is 0 Å². The molecule has 0 amide bonds. The molecule has 0 atom stereocenters. The van der Waals surface area contributed by atoms with Crippen molar-refractivity contribution in [2.75, 3.05) is 7.11 Å². The summed E-state index contributed by atoms with van der Waals surface area (Å²) in [6.07, 6.45) is 2.90. The van der Waals surface area contributed by atoms with Crippen LogP contribution < -0.4 is 4.74 Å². The number of phenolic OH excluding ortho intramolecular Hbond substituents is 2. The highest BCUT2D eigenvalue weighted by molar-refractivity contribution is 6.07. The Morgan fingerprint density at radius 3 is 2.40 bits per heavy atom. The maximum atomic E-state index is 11.9. The summed E-state index contributed by atoms with van der Waals surface area (Å²) in [5.74, 6) is 0.488. The van der Waals surface area contributed by atoms with E-state index in [0.717, 1.165) is 0 Å². The van der Waals surface area contributed by atoms with E-state index in [4.69, 9.17) is 9.84 Å². The van der Waals surface area contributed by atoms with E-state index in [1.165, 1.54) is 49.6 Å². The molecule has 102 valence electrons. The summed E-state index contributed by atoms with van der Waals surface area (Å²) >= 11 is 0. The molecule has 0 aliphatic heterocycles. The number of ether oxygens (including phenoxy) is 1. The predicted molar refractivity (Wildman–Crippen MR) is 76.1 cm³/mol. The van der Waals surface area contributed by atoms with E-state index in [0.29, 0.717) is 16.9 Å². The first kappa shape index (κ1) is 13.7. The zero-order chi connectivity index (χ0) is 14.5. The maximum absolute atomic E-state index is 11.9. The fourth-order valence-corrected chi connectivity index (χ4v) is 1.68. The largest absolute Gasteiger partial charge is 0.508 e. The summed E-state index contributed by atoms with van der Waals surface area (Å²) in [5.41, 5.74) is 0.991. The van der Waals surface area contributed by atoms with Crippen LogP contribution in [-0.4, -0.2) is 23.1 Å². The highest BCUT2D eigenvalue weighted by Gasteiger charge is 2.03. The lowest BCUT2D eigenvalue weighted by Gasteiger charge is -2.03. The summed E-state index contributed by atoms with van der Waals surface area (Å²) in [6, 6.07) is 10.8. The topological polar surface area (TPSA) is 66.8 Å². The van der Waals surface area contributed by atoms with E-state index in [9.17, 15) is 9.90 Å². The van der Waals surface area contributed by atoms with E-state index in [-0.39, 0.29) is 17.3 Å². The molecule has 0 bridgehead atoms. The van der Waals surface area contributed by atoms with Crippen LogP contribution in [0.5, 0.6) is 17.2 Å². The van der Waals surface area contributed by atoms with Gasteiger partial charge in [-0.1, -0.05) is 0 Å². The summed E-state index contributed by atoms with van der Waals surface area (Å²) < 4.78 is 4.98. The minimum Gasteiger partial charge on any atom is -0.508 e. The predicted octanol–water partition coefficient (Wildman–Crippen LogP) is 3.00. The molecule has 0 aromatic heterocycles. The van der Waals surface area contributed by atoms with E-state index >= 15 is 0 Å². The molecule has 2 N–H and O–H groups in total. The Morgan fingerprint density at radius 1 is 1.10 bits per heavy atom. The average molecular weight is 270 g/mol. The zero-order valence-corrected chi connectivity index (χ0v) is 10.9. The second-order valence-electron chi connectivity index (χ2n) is 4.17. The van der Waals surface area contributed by atoms with Crippen molar-refractivity contribution >= 4 is 11.9 Å². The van der Waals surface area contributed by atoms with Gasteiger partial charge in [-0.05, 0) is 48.6 Å². The Balaban J connectivity index is 2.16. The number of benzene rings is 2. The minimum absolute atomic E-state index is 0.0408. The van der Waals surface area contributed by atoms with Crippen LogP contribution in [0.25, 0.3) is 6.08 Å². The first-order chi connectivity index (χ1) is 9.60. The van der Waals surface area contributed by atoms with Crippen molar-refractivity contribution in [3.05, 3.63) is 59.7 Å². The number of carbonyl (C=O) groups excluding carboxylic acids is 1. The molecule has 4 nitrogen and oxygen atoms in total. The highest BCUT2D eigenvalue weighted by atomic mass is 16.5. The van der Waals surface area contributed by atoms with Gasteiger partial charge in [0.05, 0.1) is 7.11 Å². The van der Waals surface area contributed by atoms with Gasteiger partial charge in [0.25, 0.3) is 0 Å². The van der Waals surface area contributed by atoms with Crippen LogP contribution in [0.15, 0.2) is 48.5 Å². The number of rotatable bonds is 4. The molecule has 0 unspecified atom stereocenters. The SMILES string of the molecule is COc1ccc(/C=C/C(=O)c2ccc(O)cc2)c(O)c1. The standard InChI is InChI=1S/C16H14O4/c1-20-14-8-4-12(16(19)10-14)5-9-15(18)11-2-6-13(17)7-3-11/h2-10,17,19H,1H3/b9-5+. The van der Waals surface area contributed by atoms with Gasteiger partial charge in [0.1, 0.15) is 17.2 Å². The first-order valence-corrected chi connectivity index (χ1v) is 5.98. The second kappa shape index (κ2) is 5.93. The number of allylic oxidation sites excluding steroid dienone is 1. The zero-order valence-electron chi connectivity index (χ0n) is 10.9. The van der Waals surface area contributed by atoms with Crippen molar-refractivity contribution in [3.8, 4) is 17.2 Å². The van der Waals surface area contributed by atoms with Crippen LogP contribution in [0.1, 0.15) is 15.9 Å². The Morgan fingerprint density at radius 2 is 1.80 bits per heavy atom. The van der Waals surface area contributed by atoms with Gasteiger partial charge < -0.3 is 14.9 Å². The Bertz CT molecular complexity index is 642. The van der Waals surface area contributed by atoms with Crippen molar-refractivity contribution in [2.24, 2.45) is 0 Å². The van der Waals surface area contributed by atoms with Gasteiger partial charge in [-0.15, -0.1) is 0 Å². The molecule has 2 rings (SSSR count). The second-order valence-corrected chi connectivity index (χ2v) is 4.17. The van der Waals surface area contributed by atoms with Crippen LogP contribution in [0.3, 0.4) is 0 Å². The van der Waals surface area contributed by atoms with Gasteiger partial charge in [0.2, 0.25) is 0 Å². The Kier molecular flexibility index (Phi) is 4.05. The number of carbonyl (C=O) groups is 1. The van der Waals surface area contributed by atoms with Crippen molar-refractivity contribution in [3.63, 3.8) is 0 Å². The highest BCUT2D eigenvalue weighted by Crippen LogP contribution is 2.24. The number of hydrogen-bond donors (Lipinski definition) is 2. The average Bonchev–Trinajstić information content (AvgIpc) is 2.46. The lowest BCUT2D eigenvalue weighted by Crippen LogP contribution is -1.93. The Labute approximate surface area is 116 Å². The van der Waals surface area contributed by atoms with E-state index in [2.05, 4.69) is 0 Å². The normalized spacial score (nSPS) is 10.7. The molecule has 20 heavy (non-hydrogen) atoms. The quantitative estimate of drug-likeness (QED) is 0.662. The molecule has 0 heterocycles. The smallest absolute Gasteiger partial charge is 0.185 e. The molecule has 2 aromatic carbocycles. The van der Waals surface area contributed by atoms with Gasteiger partial charge in [0.15, 0.2) is 5.78 Å². The van der Waals surface area contributed by atoms with Crippen LogP contribution >= 0.6 is 0 Å². The lowest BCUT2D eigenvalue weighted by molar-refractivity contribution is 0.104. The van der Waals surface area contributed by atoms with Crippen molar-refractivity contribution in [2.45, 2.75) is 0 Å². The van der Waals surface area contributed by atoms with Gasteiger partial charge in [-0.3, -0.25) is 4.79 Å². The molecule has 4 heteroatoms. The van der Waals surface area contributed by atoms with Gasteiger partial charge >= 0.3 is 0 Å². The molecule has 0 aliphatic rings. The molecule has 0 spiro atoms. The third-order valence-corrected chi connectivity index (χ3v) is 2.80. The fraction of sp³-hybridized carbons (Fsp3) is 0.0625. The monoisotopic (exact) mass is 270 g/mol. The third-order valence-electron chi connectivity index (χ3n) is 2.80.